The van der Waals surface area contributed by atoms with Crippen molar-refractivity contribution in [1.82, 2.24) is 9.78 Å². The minimum Gasteiger partial charge on any atom is -0.381 e. The van der Waals surface area contributed by atoms with Gasteiger partial charge in [-0.05, 0) is 35.7 Å². The van der Waals surface area contributed by atoms with Crippen molar-refractivity contribution < 1.29 is 4.74 Å². The van der Waals surface area contributed by atoms with Crippen molar-refractivity contribution >= 4 is 21.6 Å². The van der Waals surface area contributed by atoms with E-state index in [1.165, 1.54) is 4.68 Å². The van der Waals surface area contributed by atoms with Crippen LogP contribution in [0.5, 0.6) is 0 Å². The summed E-state index contributed by atoms with van der Waals surface area (Å²) < 4.78 is 7.28. The molecule has 5 nitrogen and oxygen atoms in total. The van der Waals surface area contributed by atoms with Gasteiger partial charge in [-0.15, -0.1) is 0 Å². The van der Waals surface area contributed by atoms with Crippen molar-refractivity contribution in [2.75, 3.05) is 18.5 Å². The van der Waals surface area contributed by atoms with E-state index in [4.69, 9.17) is 4.74 Å². The molecule has 2 rings (SSSR count). The van der Waals surface area contributed by atoms with Crippen molar-refractivity contribution in [2.45, 2.75) is 32.4 Å². The van der Waals surface area contributed by atoms with E-state index in [1.807, 2.05) is 6.92 Å². The normalized spacial score (nSPS) is 17.1. The molecule has 94 valence electrons. The highest BCUT2D eigenvalue weighted by Crippen LogP contribution is 2.20. The van der Waals surface area contributed by atoms with E-state index in [2.05, 4.69) is 26.3 Å². The number of hydrogen-bond donors (Lipinski definition) is 1. The predicted molar refractivity (Wildman–Crippen MR) is 69.3 cm³/mol. The highest BCUT2D eigenvalue weighted by atomic mass is 79.9. The Morgan fingerprint density at radius 1 is 1.59 bits per heavy atom. The van der Waals surface area contributed by atoms with Crippen LogP contribution in [-0.2, 0) is 11.3 Å². The van der Waals surface area contributed by atoms with Gasteiger partial charge in [-0.25, -0.2) is 4.68 Å². The molecule has 0 saturated carbocycles. The van der Waals surface area contributed by atoms with Gasteiger partial charge in [-0.3, -0.25) is 4.79 Å². The molecule has 17 heavy (non-hydrogen) atoms. The van der Waals surface area contributed by atoms with Crippen LogP contribution < -0.4 is 10.9 Å². The fraction of sp³-hybridized carbons (Fsp3) is 0.636. The molecular weight excluding hydrogens is 286 g/mol. The van der Waals surface area contributed by atoms with Crippen LogP contribution >= 0.6 is 15.9 Å². The Kier molecular flexibility index (Phi) is 4.17. The van der Waals surface area contributed by atoms with E-state index in [-0.39, 0.29) is 5.56 Å². The van der Waals surface area contributed by atoms with Crippen molar-refractivity contribution in [3.05, 3.63) is 21.0 Å². The summed E-state index contributed by atoms with van der Waals surface area (Å²) in [5.41, 5.74) is 0.677. The number of nitrogens with one attached hydrogen (secondary N) is 1. The van der Waals surface area contributed by atoms with Gasteiger partial charge >= 0.3 is 0 Å². The molecule has 0 spiro atoms. The van der Waals surface area contributed by atoms with Crippen molar-refractivity contribution in [3.63, 3.8) is 0 Å². The maximum absolute atomic E-state index is 11.9. The number of rotatable bonds is 3. The highest BCUT2D eigenvalue weighted by Gasteiger charge is 2.16. The second kappa shape index (κ2) is 5.64. The Hall–Kier alpha value is -0.880. The number of aryl methyl sites for hydroxylation is 1. The Morgan fingerprint density at radius 2 is 2.29 bits per heavy atom. The molecule has 1 N–H and O–H groups in total. The van der Waals surface area contributed by atoms with Crippen molar-refractivity contribution in [2.24, 2.45) is 0 Å². The quantitative estimate of drug-likeness (QED) is 0.922. The maximum Gasteiger partial charge on any atom is 0.283 e. The van der Waals surface area contributed by atoms with Crippen LogP contribution in [0.3, 0.4) is 0 Å². The second-order valence-electron chi connectivity index (χ2n) is 4.02. The number of anilines is 1. The lowest BCUT2D eigenvalue weighted by molar-refractivity contribution is 0.0904. The van der Waals surface area contributed by atoms with Crippen molar-refractivity contribution in [3.8, 4) is 0 Å². The molecule has 1 saturated heterocycles. The van der Waals surface area contributed by atoms with E-state index in [0.717, 1.165) is 31.7 Å². The first-order chi connectivity index (χ1) is 8.22. The molecule has 0 amide bonds. The Labute approximate surface area is 108 Å². The molecular formula is C11H16BrN3O2. The largest absolute Gasteiger partial charge is 0.381 e. The van der Waals surface area contributed by atoms with E-state index in [9.17, 15) is 4.79 Å². The van der Waals surface area contributed by atoms with Crippen LogP contribution in [0.15, 0.2) is 15.5 Å². The van der Waals surface area contributed by atoms with Gasteiger partial charge in [0.05, 0.1) is 11.9 Å². The molecule has 1 aromatic heterocycles. The molecule has 0 bridgehead atoms. The highest BCUT2D eigenvalue weighted by molar-refractivity contribution is 9.10. The number of aromatic nitrogens is 2. The molecule has 1 aliphatic rings. The SMILES string of the molecule is CCn1ncc(NC2CCOCC2)c(Br)c1=O. The van der Waals surface area contributed by atoms with Crippen LogP contribution in [-0.4, -0.2) is 29.0 Å². The topological polar surface area (TPSA) is 56.1 Å². The van der Waals surface area contributed by atoms with Crippen LogP contribution in [0, 0.1) is 0 Å². The second-order valence-corrected chi connectivity index (χ2v) is 4.82. The lowest BCUT2D eigenvalue weighted by Gasteiger charge is -2.24. The standard InChI is InChI=1S/C11H16BrN3O2/c1-2-15-11(16)10(12)9(7-13-15)14-8-3-5-17-6-4-8/h7-8,14H,2-6H2,1H3. The number of ether oxygens (including phenoxy) is 1. The average Bonchev–Trinajstić information content (AvgIpc) is 2.37. The molecule has 0 atom stereocenters. The summed E-state index contributed by atoms with van der Waals surface area (Å²) in [6, 6.07) is 0.360. The monoisotopic (exact) mass is 301 g/mol. The van der Waals surface area contributed by atoms with Gasteiger partial charge < -0.3 is 10.1 Å². The zero-order valence-corrected chi connectivity index (χ0v) is 11.4. The summed E-state index contributed by atoms with van der Waals surface area (Å²) in [6.45, 7) is 4.02. The van der Waals surface area contributed by atoms with Gasteiger partial charge in [-0.1, -0.05) is 0 Å². The number of halogens is 1. The fourth-order valence-corrected chi connectivity index (χ4v) is 2.27. The summed E-state index contributed by atoms with van der Waals surface area (Å²) in [5.74, 6) is 0. The van der Waals surface area contributed by atoms with E-state index in [1.54, 1.807) is 6.20 Å². The average molecular weight is 302 g/mol. The zero-order chi connectivity index (χ0) is 12.3. The van der Waals surface area contributed by atoms with Gasteiger partial charge in [-0.2, -0.15) is 5.10 Å². The zero-order valence-electron chi connectivity index (χ0n) is 9.78. The number of hydrogen-bond acceptors (Lipinski definition) is 4. The minimum atomic E-state index is -0.0930. The van der Waals surface area contributed by atoms with E-state index >= 15 is 0 Å². The predicted octanol–water partition coefficient (Wildman–Crippen LogP) is 1.62. The Morgan fingerprint density at radius 3 is 2.94 bits per heavy atom. The smallest absolute Gasteiger partial charge is 0.283 e. The molecule has 0 aromatic carbocycles. The first kappa shape index (κ1) is 12.6. The Balaban J connectivity index is 2.15. The van der Waals surface area contributed by atoms with E-state index < -0.39 is 0 Å². The molecule has 1 fully saturated rings. The third kappa shape index (κ3) is 2.87. The van der Waals surface area contributed by atoms with Crippen molar-refractivity contribution in [1.29, 1.82) is 0 Å². The van der Waals surface area contributed by atoms with Crippen LogP contribution in [0.1, 0.15) is 19.8 Å². The van der Waals surface area contributed by atoms with Crippen LogP contribution in [0.4, 0.5) is 5.69 Å². The molecule has 0 unspecified atom stereocenters. The van der Waals surface area contributed by atoms with Gasteiger partial charge in [0.1, 0.15) is 4.47 Å². The molecule has 1 aliphatic heterocycles. The molecule has 2 heterocycles. The summed E-state index contributed by atoms with van der Waals surface area (Å²) in [4.78, 5) is 11.9. The van der Waals surface area contributed by atoms with E-state index in [0.29, 0.717) is 17.1 Å². The lowest BCUT2D eigenvalue weighted by Crippen LogP contribution is -2.30. The lowest BCUT2D eigenvalue weighted by atomic mass is 10.1. The summed E-state index contributed by atoms with van der Waals surface area (Å²) >= 11 is 3.33. The molecule has 6 heteroatoms. The summed E-state index contributed by atoms with van der Waals surface area (Å²) in [7, 11) is 0. The van der Waals surface area contributed by atoms with Crippen LogP contribution in [0.25, 0.3) is 0 Å². The Bertz CT molecular complexity index is 441. The first-order valence-electron chi connectivity index (χ1n) is 5.82. The van der Waals surface area contributed by atoms with Gasteiger partial charge in [0, 0.05) is 25.8 Å². The summed E-state index contributed by atoms with van der Waals surface area (Å²) in [5, 5.41) is 7.44. The van der Waals surface area contributed by atoms with Gasteiger partial charge in [0.25, 0.3) is 5.56 Å². The third-order valence-electron chi connectivity index (χ3n) is 2.87. The molecule has 0 aliphatic carbocycles. The van der Waals surface area contributed by atoms with Gasteiger partial charge in [0.15, 0.2) is 0 Å². The fourth-order valence-electron chi connectivity index (χ4n) is 1.85. The summed E-state index contributed by atoms with van der Waals surface area (Å²) in [6.07, 6.45) is 3.62. The van der Waals surface area contributed by atoms with Gasteiger partial charge in [0.2, 0.25) is 0 Å². The molecule has 0 radical (unpaired) electrons. The minimum absolute atomic E-state index is 0.0930. The molecule has 1 aromatic rings. The first-order valence-corrected chi connectivity index (χ1v) is 6.61. The van der Waals surface area contributed by atoms with Crippen LogP contribution in [0.2, 0.25) is 0 Å². The number of nitrogens with zero attached hydrogens (tertiary/aromatic N) is 2. The maximum atomic E-state index is 11.9. The third-order valence-corrected chi connectivity index (χ3v) is 3.63.